The van der Waals surface area contributed by atoms with Gasteiger partial charge in [-0.05, 0) is 36.5 Å². The van der Waals surface area contributed by atoms with Crippen LogP contribution in [0.5, 0.6) is 0 Å². The highest BCUT2D eigenvalue weighted by atomic mass is 19.1. The van der Waals surface area contributed by atoms with Crippen molar-refractivity contribution in [2.24, 2.45) is 11.8 Å². The number of carbonyl (C=O) groups is 2. The number of halogens is 1. The van der Waals surface area contributed by atoms with E-state index in [1.807, 2.05) is 4.90 Å². The number of piperidine rings is 1. The van der Waals surface area contributed by atoms with Gasteiger partial charge in [0.05, 0.1) is 5.92 Å². The fourth-order valence-electron chi connectivity index (χ4n) is 3.39. The maximum atomic E-state index is 12.9. The molecule has 1 unspecified atom stereocenters. The molecule has 0 spiro atoms. The summed E-state index contributed by atoms with van der Waals surface area (Å²) >= 11 is 0. The molecule has 2 fully saturated rings. The highest BCUT2D eigenvalue weighted by Crippen LogP contribution is 2.25. The summed E-state index contributed by atoms with van der Waals surface area (Å²) in [4.78, 5) is 28.4. The van der Waals surface area contributed by atoms with Crippen molar-refractivity contribution in [3.05, 3.63) is 35.6 Å². The van der Waals surface area contributed by atoms with Gasteiger partial charge in [0.25, 0.3) is 0 Å². The summed E-state index contributed by atoms with van der Waals surface area (Å²) in [5.41, 5.74) is 0.889. The van der Waals surface area contributed by atoms with Gasteiger partial charge in [-0.15, -0.1) is 0 Å². The molecule has 2 aliphatic heterocycles. The molecule has 0 aromatic heterocycles. The van der Waals surface area contributed by atoms with Crippen molar-refractivity contribution in [2.75, 3.05) is 19.6 Å². The summed E-state index contributed by atoms with van der Waals surface area (Å²) in [6.07, 6.45) is 2.39. The van der Waals surface area contributed by atoms with Crippen LogP contribution < -0.4 is 0 Å². The van der Waals surface area contributed by atoms with Crippen molar-refractivity contribution in [3.8, 4) is 0 Å². The van der Waals surface area contributed by atoms with Gasteiger partial charge in [0.1, 0.15) is 5.82 Å². The molecule has 4 nitrogen and oxygen atoms in total. The van der Waals surface area contributed by atoms with Gasteiger partial charge in [-0.3, -0.25) is 9.59 Å². The third-order valence-electron chi connectivity index (χ3n) is 4.95. The van der Waals surface area contributed by atoms with Crippen LogP contribution in [0.2, 0.25) is 0 Å². The second-order valence-electron chi connectivity index (χ2n) is 6.81. The standard InChI is InChI=1S/C18H23FN2O2/c1-13-6-8-20(9-7-13)18(23)15-10-17(22)21(12-15)11-14-2-4-16(19)5-3-14/h2-5,13,15H,6-12H2,1H3. The average Bonchev–Trinajstić information content (AvgIpc) is 2.91. The minimum Gasteiger partial charge on any atom is -0.342 e. The van der Waals surface area contributed by atoms with Crippen LogP contribution in [0, 0.1) is 17.7 Å². The van der Waals surface area contributed by atoms with Crippen LogP contribution in [-0.4, -0.2) is 41.2 Å². The smallest absolute Gasteiger partial charge is 0.227 e. The molecule has 0 saturated carbocycles. The maximum Gasteiger partial charge on any atom is 0.227 e. The van der Waals surface area contributed by atoms with Gasteiger partial charge in [0.15, 0.2) is 0 Å². The first-order chi connectivity index (χ1) is 11.0. The number of carbonyl (C=O) groups excluding carboxylic acids is 2. The molecule has 3 rings (SSSR count). The fraction of sp³-hybridized carbons (Fsp3) is 0.556. The van der Waals surface area contributed by atoms with Crippen molar-refractivity contribution >= 4 is 11.8 Å². The van der Waals surface area contributed by atoms with Crippen molar-refractivity contribution in [1.29, 1.82) is 0 Å². The summed E-state index contributed by atoms with van der Waals surface area (Å²) in [6.45, 7) is 4.75. The molecule has 0 bridgehead atoms. The zero-order valence-electron chi connectivity index (χ0n) is 13.5. The van der Waals surface area contributed by atoms with E-state index in [4.69, 9.17) is 0 Å². The predicted molar refractivity (Wildman–Crippen MR) is 84.9 cm³/mol. The highest BCUT2D eigenvalue weighted by molar-refractivity contribution is 5.89. The van der Waals surface area contributed by atoms with Gasteiger partial charge in [-0.2, -0.15) is 0 Å². The normalized spacial score (nSPS) is 22.7. The zero-order valence-corrected chi connectivity index (χ0v) is 13.5. The van der Waals surface area contributed by atoms with Gasteiger partial charge in [-0.1, -0.05) is 19.1 Å². The van der Waals surface area contributed by atoms with Gasteiger partial charge in [0.2, 0.25) is 11.8 Å². The minimum atomic E-state index is -0.283. The van der Waals surface area contributed by atoms with E-state index >= 15 is 0 Å². The van der Waals surface area contributed by atoms with Crippen molar-refractivity contribution in [2.45, 2.75) is 32.7 Å². The topological polar surface area (TPSA) is 40.6 Å². The lowest BCUT2D eigenvalue weighted by atomic mass is 9.97. The number of likely N-dealkylation sites (tertiary alicyclic amines) is 2. The molecular formula is C18H23FN2O2. The first-order valence-electron chi connectivity index (χ1n) is 8.34. The van der Waals surface area contributed by atoms with Crippen LogP contribution in [0.1, 0.15) is 31.7 Å². The van der Waals surface area contributed by atoms with E-state index in [-0.39, 0.29) is 23.5 Å². The van der Waals surface area contributed by atoms with Crippen molar-refractivity contribution < 1.29 is 14.0 Å². The summed E-state index contributed by atoms with van der Waals surface area (Å²) < 4.78 is 12.9. The first-order valence-corrected chi connectivity index (χ1v) is 8.34. The first kappa shape index (κ1) is 16.0. The Morgan fingerprint density at radius 2 is 1.87 bits per heavy atom. The Labute approximate surface area is 136 Å². The van der Waals surface area contributed by atoms with E-state index in [9.17, 15) is 14.0 Å². The zero-order chi connectivity index (χ0) is 16.4. The van der Waals surface area contributed by atoms with Crippen LogP contribution in [0.15, 0.2) is 24.3 Å². The van der Waals surface area contributed by atoms with Gasteiger partial charge < -0.3 is 9.80 Å². The van der Waals surface area contributed by atoms with Gasteiger partial charge >= 0.3 is 0 Å². The number of amides is 2. The lowest BCUT2D eigenvalue weighted by Crippen LogP contribution is -2.42. The SMILES string of the molecule is CC1CCN(C(=O)C2CC(=O)N(Cc3ccc(F)cc3)C2)CC1. The molecule has 23 heavy (non-hydrogen) atoms. The molecule has 5 heteroatoms. The van der Waals surface area contributed by atoms with E-state index < -0.39 is 0 Å². The lowest BCUT2D eigenvalue weighted by Gasteiger charge is -2.32. The Kier molecular flexibility index (Phi) is 4.64. The van der Waals surface area contributed by atoms with Crippen LogP contribution in [0.25, 0.3) is 0 Å². The Morgan fingerprint density at radius 1 is 1.22 bits per heavy atom. The summed E-state index contributed by atoms with van der Waals surface area (Å²) in [7, 11) is 0. The fourth-order valence-corrected chi connectivity index (χ4v) is 3.39. The minimum absolute atomic E-state index is 0.0121. The summed E-state index contributed by atoms with van der Waals surface area (Å²) in [5, 5.41) is 0. The lowest BCUT2D eigenvalue weighted by molar-refractivity contribution is -0.137. The molecule has 1 aromatic carbocycles. The Balaban J connectivity index is 1.58. The van der Waals surface area contributed by atoms with Crippen molar-refractivity contribution in [1.82, 2.24) is 9.80 Å². The van der Waals surface area contributed by atoms with Crippen LogP contribution in [0.3, 0.4) is 0 Å². The average molecular weight is 318 g/mol. The van der Waals surface area contributed by atoms with Crippen LogP contribution >= 0.6 is 0 Å². The van der Waals surface area contributed by atoms with E-state index in [0.717, 1.165) is 31.5 Å². The summed E-state index contributed by atoms with van der Waals surface area (Å²) in [5.74, 6) is 0.300. The molecule has 2 amide bonds. The number of rotatable bonds is 3. The third kappa shape index (κ3) is 3.71. The van der Waals surface area contributed by atoms with Gasteiger partial charge in [-0.25, -0.2) is 4.39 Å². The number of benzene rings is 1. The van der Waals surface area contributed by atoms with E-state index in [0.29, 0.717) is 25.4 Å². The number of nitrogens with zero attached hydrogens (tertiary/aromatic N) is 2. The van der Waals surface area contributed by atoms with E-state index in [1.165, 1.54) is 12.1 Å². The monoisotopic (exact) mass is 318 g/mol. The largest absolute Gasteiger partial charge is 0.342 e. The van der Waals surface area contributed by atoms with Crippen molar-refractivity contribution in [3.63, 3.8) is 0 Å². The summed E-state index contributed by atoms with van der Waals surface area (Å²) in [6, 6.07) is 6.16. The van der Waals surface area contributed by atoms with Gasteiger partial charge in [0, 0.05) is 32.6 Å². The highest BCUT2D eigenvalue weighted by Gasteiger charge is 2.37. The molecule has 2 heterocycles. The van der Waals surface area contributed by atoms with Crippen LogP contribution in [-0.2, 0) is 16.1 Å². The quantitative estimate of drug-likeness (QED) is 0.859. The molecule has 2 saturated heterocycles. The molecule has 1 atom stereocenters. The number of hydrogen-bond donors (Lipinski definition) is 0. The van der Waals surface area contributed by atoms with Crippen LogP contribution in [0.4, 0.5) is 4.39 Å². The molecule has 1 aromatic rings. The van der Waals surface area contributed by atoms with E-state index in [1.54, 1.807) is 17.0 Å². The second-order valence-corrected chi connectivity index (χ2v) is 6.81. The Morgan fingerprint density at radius 3 is 2.52 bits per heavy atom. The molecule has 0 radical (unpaired) electrons. The molecular weight excluding hydrogens is 295 g/mol. The molecule has 124 valence electrons. The predicted octanol–water partition coefficient (Wildman–Crippen LogP) is 2.43. The Bertz CT molecular complexity index is 579. The Hall–Kier alpha value is -1.91. The molecule has 2 aliphatic rings. The molecule has 0 aliphatic carbocycles. The molecule has 0 N–H and O–H groups in total. The maximum absolute atomic E-state index is 12.9. The second kappa shape index (κ2) is 6.69. The van der Waals surface area contributed by atoms with E-state index in [2.05, 4.69) is 6.92 Å². The third-order valence-corrected chi connectivity index (χ3v) is 4.95. The number of hydrogen-bond acceptors (Lipinski definition) is 2.